The lowest BCUT2D eigenvalue weighted by molar-refractivity contribution is 0.285. The van der Waals surface area contributed by atoms with Crippen LogP contribution in [0.1, 0.15) is 25.7 Å². The lowest BCUT2D eigenvalue weighted by atomic mass is 9.84. The molecule has 3 heterocycles. The Bertz CT molecular complexity index is 486. The van der Waals surface area contributed by atoms with Gasteiger partial charge in [0.15, 0.2) is 0 Å². The first kappa shape index (κ1) is 10.9. The molecule has 1 aliphatic rings. The number of thiophene rings is 1. The van der Waals surface area contributed by atoms with E-state index in [-0.39, 0.29) is 5.41 Å². The topological polar surface area (TPSA) is 51.0 Å². The zero-order valence-electron chi connectivity index (χ0n) is 9.77. The van der Waals surface area contributed by atoms with Crippen LogP contribution in [0.2, 0.25) is 0 Å². The van der Waals surface area contributed by atoms with Gasteiger partial charge in [0.05, 0.1) is 10.3 Å². The van der Waals surface area contributed by atoms with Gasteiger partial charge in [-0.1, -0.05) is 18.1 Å². The van der Waals surface area contributed by atoms with E-state index in [4.69, 9.17) is 4.52 Å². The monoisotopic (exact) mass is 249 g/mol. The predicted octanol–water partition coefficient (Wildman–Crippen LogP) is 2.44. The van der Waals surface area contributed by atoms with Crippen LogP contribution >= 0.6 is 11.3 Å². The summed E-state index contributed by atoms with van der Waals surface area (Å²) in [4.78, 5) is 5.64. The number of aromatic nitrogens is 2. The highest BCUT2D eigenvalue weighted by atomic mass is 32.1. The van der Waals surface area contributed by atoms with Crippen LogP contribution in [0.25, 0.3) is 10.7 Å². The molecule has 0 aliphatic carbocycles. The molecule has 1 fully saturated rings. The van der Waals surface area contributed by atoms with Crippen LogP contribution in [0, 0.1) is 0 Å². The minimum absolute atomic E-state index is 0.0442. The van der Waals surface area contributed by atoms with E-state index in [1.807, 2.05) is 17.5 Å². The van der Waals surface area contributed by atoms with E-state index in [9.17, 15) is 0 Å². The summed E-state index contributed by atoms with van der Waals surface area (Å²) in [6.07, 6.45) is 2.11. The quantitative estimate of drug-likeness (QED) is 0.907. The molecule has 90 valence electrons. The fraction of sp³-hybridized carbons (Fsp3) is 0.500. The smallest absolute Gasteiger partial charge is 0.234 e. The molecule has 5 heteroatoms. The summed E-state index contributed by atoms with van der Waals surface area (Å²) in [5.41, 5.74) is 0.0442. The maximum Gasteiger partial charge on any atom is 0.234 e. The van der Waals surface area contributed by atoms with Gasteiger partial charge in [0.2, 0.25) is 11.7 Å². The van der Waals surface area contributed by atoms with Crippen molar-refractivity contribution in [1.82, 2.24) is 15.5 Å². The fourth-order valence-corrected chi connectivity index (χ4v) is 2.97. The number of nitrogens with zero attached hydrogens (tertiary/aromatic N) is 2. The van der Waals surface area contributed by atoms with Crippen molar-refractivity contribution in [3.63, 3.8) is 0 Å². The second kappa shape index (κ2) is 4.23. The first-order valence-electron chi connectivity index (χ1n) is 5.93. The van der Waals surface area contributed by atoms with Crippen LogP contribution in [-0.4, -0.2) is 23.2 Å². The van der Waals surface area contributed by atoms with Gasteiger partial charge in [-0.2, -0.15) is 4.98 Å². The minimum atomic E-state index is 0.0442. The van der Waals surface area contributed by atoms with Crippen molar-refractivity contribution in [2.24, 2.45) is 0 Å². The van der Waals surface area contributed by atoms with Gasteiger partial charge in [-0.05, 0) is 30.8 Å². The Morgan fingerprint density at radius 1 is 1.59 bits per heavy atom. The molecule has 1 atom stereocenters. The van der Waals surface area contributed by atoms with Gasteiger partial charge in [0.25, 0.3) is 0 Å². The fourth-order valence-electron chi connectivity index (χ4n) is 2.32. The second-order valence-electron chi connectivity index (χ2n) is 4.46. The van der Waals surface area contributed by atoms with Crippen LogP contribution in [0.5, 0.6) is 0 Å². The number of nitrogens with one attached hydrogen (secondary N) is 1. The summed E-state index contributed by atoms with van der Waals surface area (Å²) >= 11 is 1.64. The molecule has 1 N–H and O–H groups in total. The summed E-state index contributed by atoms with van der Waals surface area (Å²) in [6, 6.07) is 4.02. The van der Waals surface area contributed by atoms with E-state index in [0.717, 1.165) is 42.5 Å². The lowest BCUT2D eigenvalue weighted by Gasteiger charge is -2.20. The molecule has 2 aromatic rings. The van der Waals surface area contributed by atoms with E-state index in [1.54, 1.807) is 11.3 Å². The van der Waals surface area contributed by atoms with Crippen LogP contribution in [0.4, 0.5) is 0 Å². The summed E-state index contributed by atoms with van der Waals surface area (Å²) in [5, 5.41) is 9.50. The molecule has 4 nitrogen and oxygen atoms in total. The van der Waals surface area contributed by atoms with Crippen LogP contribution in [-0.2, 0) is 5.41 Å². The highest BCUT2D eigenvalue weighted by Crippen LogP contribution is 2.34. The Hall–Kier alpha value is -1.20. The molecule has 0 amide bonds. The van der Waals surface area contributed by atoms with E-state index in [0.29, 0.717) is 0 Å². The van der Waals surface area contributed by atoms with E-state index < -0.39 is 0 Å². The van der Waals surface area contributed by atoms with E-state index >= 15 is 0 Å². The van der Waals surface area contributed by atoms with Crippen LogP contribution < -0.4 is 5.32 Å². The van der Waals surface area contributed by atoms with Crippen molar-refractivity contribution < 1.29 is 4.52 Å². The van der Waals surface area contributed by atoms with Gasteiger partial charge in [-0.15, -0.1) is 11.3 Å². The molecular formula is C12H15N3OS. The molecule has 0 radical (unpaired) electrons. The normalized spacial score (nSPS) is 24.3. The standard InChI is InChI=1S/C12H15N3OS/c1-2-12(5-6-13-8-12)11-14-10(15-16-11)9-4-3-7-17-9/h3-4,7,13H,2,5-6,8H2,1H3. The van der Waals surface area contributed by atoms with Crippen molar-refractivity contribution in [2.75, 3.05) is 13.1 Å². The van der Waals surface area contributed by atoms with Gasteiger partial charge in [0, 0.05) is 6.54 Å². The molecule has 17 heavy (non-hydrogen) atoms. The van der Waals surface area contributed by atoms with Gasteiger partial charge >= 0.3 is 0 Å². The van der Waals surface area contributed by atoms with Crippen molar-refractivity contribution in [2.45, 2.75) is 25.2 Å². The average molecular weight is 249 g/mol. The average Bonchev–Trinajstić information content (AvgIpc) is 3.10. The summed E-state index contributed by atoms with van der Waals surface area (Å²) < 4.78 is 5.47. The molecule has 0 bridgehead atoms. The molecule has 1 aliphatic heterocycles. The zero-order valence-corrected chi connectivity index (χ0v) is 10.6. The Morgan fingerprint density at radius 2 is 2.53 bits per heavy atom. The molecule has 0 saturated carbocycles. The van der Waals surface area contributed by atoms with Gasteiger partial charge < -0.3 is 9.84 Å². The van der Waals surface area contributed by atoms with Gasteiger partial charge in [-0.25, -0.2) is 0 Å². The molecule has 3 rings (SSSR count). The summed E-state index contributed by atoms with van der Waals surface area (Å²) in [5.74, 6) is 1.50. The summed E-state index contributed by atoms with van der Waals surface area (Å²) in [7, 11) is 0. The Kier molecular flexibility index (Phi) is 2.72. The van der Waals surface area contributed by atoms with E-state index in [2.05, 4.69) is 22.4 Å². The number of rotatable bonds is 3. The Balaban J connectivity index is 1.94. The number of hydrogen-bond acceptors (Lipinski definition) is 5. The van der Waals surface area contributed by atoms with Crippen molar-refractivity contribution in [3.05, 3.63) is 23.4 Å². The molecule has 2 aromatic heterocycles. The zero-order chi connectivity index (χ0) is 11.7. The van der Waals surface area contributed by atoms with Crippen LogP contribution in [0.3, 0.4) is 0 Å². The Labute approximate surface area is 104 Å². The van der Waals surface area contributed by atoms with Crippen LogP contribution in [0.15, 0.2) is 22.0 Å². The third kappa shape index (κ3) is 1.79. The predicted molar refractivity (Wildman–Crippen MR) is 67.1 cm³/mol. The largest absolute Gasteiger partial charge is 0.338 e. The number of hydrogen-bond donors (Lipinski definition) is 1. The maximum absolute atomic E-state index is 5.47. The molecule has 0 spiro atoms. The first-order chi connectivity index (χ1) is 8.34. The minimum Gasteiger partial charge on any atom is -0.338 e. The van der Waals surface area contributed by atoms with Crippen molar-refractivity contribution in [3.8, 4) is 10.7 Å². The molecule has 1 saturated heterocycles. The SMILES string of the molecule is CCC1(c2nc(-c3cccs3)no2)CCNC1. The highest BCUT2D eigenvalue weighted by molar-refractivity contribution is 7.13. The van der Waals surface area contributed by atoms with Gasteiger partial charge in [0.1, 0.15) is 0 Å². The third-order valence-corrected chi connectivity index (χ3v) is 4.41. The Morgan fingerprint density at radius 3 is 3.18 bits per heavy atom. The van der Waals surface area contributed by atoms with Gasteiger partial charge in [-0.3, -0.25) is 0 Å². The second-order valence-corrected chi connectivity index (χ2v) is 5.41. The molecule has 0 aromatic carbocycles. The summed E-state index contributed by atoms with van der Waals surface area (Å²) in [6.45, 7) is 4.15. The molecular weight excluding hydrogens is 234 g/mol. The maximum atomic E-state index is 5.47. The highest BCUT2D eigenvalue weighted by Gasteiger charge is 2.39. The first-order valence-corrected chi connectivity index (χ1v) is 6.81. The van der Waals surface area contributed by atoms with E-state index in [1.165, 1.54) is 0 Å². The van der Waals surface area contributed by atoms with Crippen molar-refractivity contribution >= 4 is 11.3 Å². The third-order valence-electron chi connectivity index (χ3n) is 3.54. The lowest BCUT2D eigenvalue weighted by Crippen LogP contribution is -2.28. The van der Waals surface area contributed by atoms with Crippen molar-refractivity contribution in [1.29, 1.82) is 0 Å². The molecule has 1 unspecified atom stereocenters.